The van der Waals surface area contributed by atoms with Crippen LogP contribution >= 0.6 is 31.9 Å². The summed E-state index contributed by atoms with van der Waals surface area (Å²) in [5, 5.41) is 0. The van der Waals surface area contributed by atoms with Gasteiger partial charge in [0.25, 0.3) is 0 Å². The van der Waals surface area contributed by atoms with Gasteiger partial charge in [-0.25, -0.2) is 8.78 Å². The Labute approximate surface area is 210 Å². The van der Waals surface area contributed by atoms with Crippen molar-refractivity contribution in [2.24, 2.45) is 0 Å². The van der Waals surface area contributed by atoms with E-state index >= 15 is 0 Å². The molecule has 34 heavy (non-hydrogen) atoms. The lowest BCUT2D eigenvalue weighted by Gasteiger charge is -2.15. The molecule has 0 saturated carbocycles. The molecular formula is C27H14Br2F2O3. The van der Waals surface area contributed by atoms with E-state index in [4.69, 9.17) is 0 Å². The molecule has 0 aliphatic carbocycles. The molecule has 0 spiro atoms. The molecule has 168 valence electrons. The Hall–Kier alpha value is -3.29. The largest absolute Gasteiger partial charge is 0.289 e. The molecule has 4 rings (SSSR count). The van der Waals surface area contributed by atoms with Crippen molar-refractivity contribution < 1.29 is 23.2 Å². The molecule has 0 amide bonds. The zero-order chi connectivity index (χ0) is 24.4. The average Bonchev–Trinajstić information content (AvgIpc) is 2.83. The number of rotatable bonds is 6. The number of carbonyl (C=O) groups excluding carboxylic acids is 3. The standard InChI is InChI=1S/C27H14Br2F2O3/c28-22-7-2-1-6-19(22)27(34)20-12-13-21(25(32)16-4-3-5-18(31)14-16)24(29)23(20)26(33)15-8-10-17(30)11-9-15/h1-14H. The molecule has 0 aromatic heterocycles. The minimum atomic E-state index is -0.578. The molecule has 0 heterocycles. The van der Waals surface area contributed by atoms with Crippen LogP contribution in [-0.2, 0) is 0 Å². The Bertz CT molecular complexity index is 1450. The van der Waals surface area contributed by atoms with Crippen LogP contribution in [0.3, 0.4) is 0 Å². The van der Waals surface area contributed by atoms with Crippen molar-refractivity contribution >= 4 is 49.2 Å². The van der Waals surface area contributed by atoms with Gasteiger partial charge >= 0.3 is 0 Å². The van der Waals surface area contributed by atoms with Crippen molar-refractivity contribution in [3.8, 4) is 0 Å². The lowest BCUT2D eigenvalue weighted by molar-refractivity contribution is 0.100. The van der Waals surface area contributed by atoms with Crippen LogP contribution in [-0.4, -0.2) is 17.3 Å². The molecule has 0 bridgehead atoms. The van der Waals surface area contributed by atoms with Crippen LogP contribution in [0.5, 0.6) is 0 Å². The molecule has 0 aliphatic rings. The van der Waals surface area contributed by atoms with E-state index in [9.17, 15) is 23.2 Å². The van der Waals surface area contributed by atoms with E-state index in [1.165, 1.54) is 42.5 Å². The van der Waals surface area contributed by atoms with Crippen LogP contribution in [0, 0.1) is 11.6 Å². The molecular weight excluding hydrogens is 570 g/mol. The van der Waals surface area contributed by atoms with Crippen LogP contribution in [0.15, 0.2) is 93.9 Å². The van der Waals surface area contributed by atoms with Gasteiger partial charge in [-0.05, 0) is 76.6 Å². The Morgan fingerprint density at radius 2 is 1.24 bits per heavy atom. The van der Waals surface area contributed by atoms with Crippen LogP contribution < -0.4 is 0 Å². The van der Waals surface area contributed by atoms with Gasteiger partial charge in [-0.2, -0.15) is 0 Å². The van der Waals surface area contributed by atoms with Crippen molar-refractivity contribution in [1.82, 2.24) is 0 Å². The molecule has 7 heteroatoms. The highest BCUT2D eigenvalue weighted by molar-refractivity contribution is 9.11. The van der Waals surface area contributed by atoms with E-state index in [-0.39, 0.29) is 32.3 Å². The van der Waals surface area contributed by atoms with Gasteiger partial charge in [0.05, 0.1) is 0 Å². The highest BCUT2D eigenvalue weighted by Gasteiger charge is 2.27. The van der Waals surface area contributed by atoms with Crippen LogP contribution in [0.25, 0.3) is 0 Å². The zero-order valence-corrected chi connectivity index (χ0v) is 20.5. The third-order valence-electron chi connectivity index (χ3n) is 5.17. The number of halogens is 4. The van der Waals surface area contributed by atoms with Crippen molar-refractivity contribution in [2.75, 3.05) is 0 Å². The van der Waals surface area contributed by atoms with Gasteiger partial charge in [-0.1, -0.05) is 40.2 Å². The third-order valence-corrected chi connectivity index (χ3v) is 6.69. The summed E-state index contributed by atoms with van der Waals surface area (Å²) in [5.74, 6) is -2.64. The van der Waals surface area contributed by atoms with Gasteiger partial charge in [0, 0.05) is 42.3 Å². The molecule has 3 nitrogen and oxygen atoms in total. The van der Waals surface area contributed by atoms with Gasteiger partial charge in [0.2, 0.25) is 0 Å². The normalized spacial score (nSPS) is 10.7. The molecule has 0 aliphatic heterocycles. The monoisotopic (exact) mass is 582 g/mol. The van der Waals surface area contributed by atoms with Gasteiger partial charge in [-0.15, -0.1) is 0 Å². The minimum Gasteiger partial charge on any atom is -0.289 e. The van der Waals surface area contributed by atoms with Crippen molar-refractivity contribution in [3.05, 3.63) is 139 Å². The maximum absolute atomic E-state index is 13.7. The summed E-state index contributed by atoms with van der Waals surface area (Å²) in [4.78, 5) is 40.1. The Morgan fingerprint density at radius 1 is 0.559 bits per heavy atom. The number of hydrogen-bond donors (Lipinski definition) is 0. The van der Waals surface area contributed by atoms with Gasteiger partial charge in [-0.3, -0.25) is 14.4 Å². The highest BCUT2D eigenvalue weighted by atomic mass is 79.9. The summed E-state index contributed by atoms with van der Waals surface area (Å²) in [6, 6.07) is 19.6. The highest BCUT2D eigenvalue weighted by Crippen LogP contribution is 2.32. The number of benzene rings is 4. The first-order valence-electron chi connectivity index (χ1n) is 10.00. The van der Waals surface area contributed by atoms with E-state index in [1.807, 2.05) is 0 Å². The molecule has 0 saturated heterocycles. The fourth-order valence-electron chi connectivity index (χ4n) is 3.48. The molecule has 0 atom stereocenters. The lowest BCUT2D eigenvalue weighted by Crippen LogP contribution is -2.15. The zero-order valence-electron chi connectivity index (χ0n) is 17.3. The Balaban J connectivity index is 1.91. The Kier molecular flexibility index (Phi) is 6.95. The van der Waals surface area contributed by atoms with Gasteiger partial charge in [0.1, 0.15) is 11.6 Å². The second-order valence-corrected chi connectivity index (χ2v) is 8.98. The second kappa shape index (κ2) is 9.91. The average molecular weight is 584 g/mol. The summed E-state index contributed by atoms with van der Waals surface area (Å²) in [7, 11) is 0. The van der Waals surface area contributed by atoms with Gasteiger partial charge in [0.15, 0.2) is 17.3 Å². The summed E-state index contributed by atoms with van der Waals surface area (Å²) in [5.41, 5.74) is 0.648. The fraction of sp³-hybridized carbons (Fsp3) is 0. The van der Waals surface area contributed by atoms with E-state index in [2.05, 4.69) is 31.9 Å². The fourth-order valence-corrected chi connectivity index (χ4v) is 4.65. The molecule has 0 fully saturated rings. The second-order valence-electron chi connectivity index (χ2n) is 7.33. The van der Waals surface area contributed by atoms with E-state index < -0.39 is 29.0 Å². The molecule has 0 unspecified atom stereocenters. The predicted molar refractivity (Wildman–Crippen MR) is 131 cm³/mol. The smallest absolute Gasteiger partial charge is 0.194 e. The minimum absolute atomic E-state index is 0.0467. The number of ketones is 3. The van der Waals surface area contributed by atoms with Crippen molar-refractivity contribution in [2.45, 2.75) is 0 Å². The Morgan fingerprint density at radius 3 is 1.91 bits per heavy atom. The first kappa shape index (κ1) is 23.9. The number of hydrogen-bond acceptors (Lipinski definition) is 3. The van der Waals surface area contributed by atoms with Crippen LogP contribution in [0.4, 0.5) is 8.78 Å². The van der Waals surface area contributed by atoms with Crippen molar-refractivity contribution in [3.63, 3.8) is 0 Å². The maximum Gasteiger partial charge on any atom is 0.194 e. The summed E-state index contributed by atoms with van der Waals surface area (Å²) in [6.07, 6.45) is 0. The SMILES string of the molecule is O=C(c1cccc(F)c1)c1ccc(C(=O)c2ccccc2Br)c(C(=O)c2ccc(F)cc2)c1Br. The lowest BCUT2D eigenvalue weighted by atomic mass is 9.90. The first-order valence-corrected chi connectivity index (χ1v) is 11.6. The predicted octanol–water partition coefficient (Wildman–Crippen LogP) is 7.18. The van der Waals surface area contributed by atoms with Crippen LogP contribution in [0.1, 0.15) is 47.8 Å². The third kappa shape index (κ3) is 4.67. The summed E-state index contributed by atoms with van der Waals surface area (Å²) in [6.45, 7) is 0. The van der Waals surface area contributed by atoms with E-state index in [0.29, 0.717) is 10.0 Å². The molecule has 0 N–H and O–H groups in total. The topological polar surface area (TPSA) is 51.2 Å². The first-order chi connectivity index (χ1) is 16.3. The van der Waals surface area contributed by atoms with E-state index in [0.717, 1.165) is 18.2 Å². The van der Waals surface area contributed by atoms with Crippen LogP contribution in [0.2, 0.25) is 0 Å². The molecule has 4 aromatic carbocycles. The van der Waals surface area contributed by atoms with Gasteiger partial charge < -0.3 is 0 Å². The van der Waals surface area contributed by atoms with Crippen molar-refractivity contribution in [1.29, 1.82) is 0 Å². The number of carbonyl (C=O) groups is 3. The summed E-state index contributed by atoms with van der Waals surface area (Å²) >= 11 is 6.70. The summed E-state index contributed by atoms with van der Waals surface area (Å²) < 4.78 is 27.8. The molecule has 4 aromatic rings. The quantitative estimate of drug-likeness (QED) is 0.226. The molecule has 0 radical (unpaired) electrons. The van der Waals surface area contributed by atoms with E-state index in [1.54, 1.807) is 24.3 Å². The maximum atomic E-state index is 13.7.